The fourth-order valence-electron chi connectivity index (χ4n) is 8.07. The second-order valence-electron chi connectivity index (χ2n) is 19.0. The highest BCUT2D eigenvalue weighted by Gasteiger charge is 2.51. The summed E-state index contributed by atoms with van der Waals surface area (Å²) in [6.45, 7) is 2.56. The summed E-state index contributed by atoms with van der Waals surface area (Å²) in [7, 11) is 0. The molecule has 2 aliphatic rings. The normalized spacial score (nSPS) is 26.1. The van der Waals surface area contributed by atoms with Crippen LogP contribution in [0.25, 0.3) is 0 Å². The fourth-order valence-corrected chi connectivity index (χ4v) is 8.07. The molecule has 0 aromatic rings. The van der Waals surface area contributed by atoms with Gasteiger partial charge in [-0.25, -0.2) is 0 Å². The van der Waals surface area contributed by atoms with E-state index < -0.39 is 86.8 Å². The van der Waals surface area contributed by atoms with Gasteiger partial charge in [0.15, 0.2) is 12.6 Å². The quantitative estimate of drug-likeness (QED) is 0.0206. The summed E-state index contributed by atoms with van der Waals surface area (Å²) in [6, 6.07) is -0.971. The second-order valence-corrected chi connectivity index (χ2v) is 19.0. The third kappa shape index (κ3) is 31.2. The summed E-state index contributed by atoms with van der Waals surface area (Å²) in [5.41, 5.74) is 0. The Morgan fingerprint density at radius 1 is 0.493 bits per heavy atom. The topological polar surface area (TPSA) is 228 Å². The van der Waals surface area contributed by atoms with Crippen molar-refractivity contribution in [3.63, 3.8) is 0 Å². The summed E-state index contributed by atoms with van der Waals surface area (Å²) in [5.74, 6) is -0.316. The molecule has 0 aromatic carbocycles. The molecule has 2 aliphatic heterocycles. The van der Waals surface area contributed by atoms with Crippen LogP contribution >= 0.6 is 0 Å². The van der Waals surface area contributed by atoms with Gasteiger partial charge in [-0.05, 0) is 96.3 Å². The summed E-state index contributed by atoms with van der Waals surface area (Å²) in [5, 5.41) is 86.7. The van der Waals surface area contributed by atoms with Gasteiger partial charge in [0.1, 0.15) is 48.8 Å². The summed E-state index contributed by atoms with van der Waals surface area (Å²) < 4.78 is 22.6. The highest BCUT2D eigenvalue weighted by atomic mass is 16.7. The summed E-state index contributed by atoms with van der Waals surface area (Å²) >= 11 is 0. The van der Waals surface area contributed by atoms with Crippen LogP contribution in [0.5, 0.6) is 0 Å². The van der Waals surface area contributed by atoms with Crippen molar-refractivity contribution in [3.8, 4) is 0 Å². The predicted octanol–water partition coefficient (Wildman–Crippen LogP) is 8.82. The van der Waals surface area contributed by atoms with Gasteiger partial charge in [0.25, 0.3) is 0 Å². The highest BCUT2D eigenvalue weighted by molar-refractivity contribution is 5.76. The molecule has 0 saturated carbocycles. The zero-order chi connectivity index (χ0) is 54.6. The van der Waals surface area contributed by atoms with Gasteiger partial charge in [0, 0.05) is 6.42 Å². The lowest BCUT2D eigenvalue weighted by atomic mass is 9.97. The number of carbonyl (C=O) groups is 1. The van der Waals surface area contributed by atoms with Crippen molar-refractivity contribution in [2.45, 2.75) is 222 Å². The Hall–Kier alpha value is -3.87. The average Bonchev–Trinajstić information content (AvgIpc) is 3.41. The Bertz CT molecular complexity index is 1760. The number of allylic oxidation sites excluding steroid dienone is 21. The minimum atomic E-state index is -1.80. The van der Waals surface area contributed by atoms with Gasteiger partial charge in [-0.2, -0.15) is 0 Å². The molecule has 1 amide bonds. The third-order valence-electron chi connectivity index (χ3n) is 12.6. The van der Waals surface area contributed by atoms with E-state index in [1.807, 2.05) is 12.2 Å². The molecule has 2 fully saturated rings. The molecule has 0 aliphatic carbocycles. The Balaban J connectivity index is 1.79. The van der Waals surface area contributed by atoms with Crippen molar-refractivity contribution in [1.29, 1.82) is 0 Å². The van der Waals surface area contributed by atoms with Crippen molar-refractivity contribution >= 4 is 5.91 Å². The second kappa shape index (κ2) is 45.2. The Morgan fingerprint density at radius 3 is 1.47 bits per heavy atom. The maximum absolute atomic E-state index is 13.2. The lowest BCUT2D eigenvalue weighted by molar-refractivity contribution is -0.359. The molecule has 12 atom stereocenters. The number of aliphatic hydroxyl groups is 8. The molecule has 75 heavy (non-hydrogen) atoms. The SMILES string of the molecule is CC/C=C\C/C=C\C/C=C\C/C=C\C/C=C\C/C=C\C/C=C\C/C=C\C/C=C\CCCC(=O)NC(COC1OC(CO)C(OC2OC(CO)C(O)C(O)C2O)C(O)C1O)C(O)/C=C/CC/C=C/CCCCCCCC. The fraction of sp³-hybridized carbons (Fsp3) is 0.623. The first-order valence-corrected chi connectivity index (χ1v) is 27.9. The number of nitrogens with one attached hydrogen (secondary N) is 1. The van der Waals surface area contributed by atoms with Crippen LogP contribution < -0.4 is 5.32 Å². The molecule has 2 heterocycles. The summed E-state index contributed by atoms with van der Waals surface area (Å²) in [6.07, 6.45) is 49.3. The van der Waals surface area contributed by atoms with Crippen LogP contribution in [0.4, 0.5) is 0 Å². The molecule has 0 bridgehead atoms. The van der Waals surface area contributed by atoms with E-state index in [4.69, 9.17) is 18.9 Å². The van der Waals surface area contributed by atoms with Crippen LogP contribution in [0, 0.1) is 0 Å². The van der Waals surface area contributed by atoms with Crippen LogP contribution in [-0.2, 0) is 23.7 Å². The van der Waals surface area contributed by atoms with Crippen LogP contribution in [0.3, 0.4) is 0 Å². The number of ether oxygens (including phenoxy) is 4. The molecule has 12 unspecified atom stereocenters. The minimum absolute atomic E-state index is 0.183. The molecule has 424 valence electrons. The standard InChI is InChI=1S/C61H97NO13/c1-3-5-7-9-11-13-15-17-18-19-20-21-22-23-24-25-26-27-28-29-30-31-32-33-35-37-39-41-43-45-53(66)62-49(50(65)44-42-40-38-36-34-16-14-12-10-8-6-4-2)48-72-60-58(71)56(69)59(52(47-64)74-60)75-61-57(70)55(68)54(67)51(46-63)73-61/h5,7,11,13,17-18,20-21,23-24,26-27,29-30,32-34,36-37,39,42,44,49-52,54-61,63-65,67-71H,3-4,6,8-10,12,14-16,19,22,25,28,31,35,38,40-41,43,45-48H2,1-2H3,(H,62,66)/b7-5-,13-11-,18-17-,21-20-,24-23-,27-26-,30-29-,33-32-,36-34+,39-37-,44-42+. The number of hydrogen-bond donors (Lipinski definition) is 9. The number of hydrogen-bond acceptors (Lipinski definition) is 13. The van der Waals surface area contributed by atoms with E-state index in [0.717, 1.165) is 77.0 Å². The monoisotopic (exact) mass is 1050 g/mol. The van der Waals surface area contributed by atoms with Crippen LogP contribution in [0.15, 0.2) is 134 Å². The molecule has 14 heteroatoms. The summed E-state index contributed by atoms with van der Waals surface area (Å²) in [4.78, 5) is 13.2. The maximum Gasteiger partial charge on any atom is 0.220 e. The van der Waals surface area contributed by atoms with E-state index in [1.165, 1.54) is 32.1 Å². The molecular weight excluding hydrogens is 955 g/mol. The lowest BCUT2D eigenvalue weighted by Crippen LogP contribution is -2.65. The molecule has 0 radical (unpaired) electrons. The van der Waals surface area contributed by atoms with E-state index in [9.17, 15) is 45.6 Å². The number of rotatable bonds is 41. The van der Waals surface area contributed by atoms with Crippen molar-refractivity contribution in [2.75, 3.05) is 19.8 Å². The van der Waals surface area contributed by atoms with Gasteiger partial charge in [-0.1, -0.05) is 180 Å². The van der Waals surface area contributed by atoms with Crippen molar-refractivity contribution in [3.05, 3.63) is 134 Å². The Kier molecular flexibility index (Phi) is 40.5. The zero-order valence-electron chi connectivity index (χ0n) is 45.2. The minimum Gasteiger partial charge on any atom is -0.394 e. The molecular formula is C61H97NO13. The van der Waals surface area contributed by atoms with Crippen molar-refractivity contribution in [2.24, 2.45) is 0 Å². The maximum atomic E-state index is 13.2. The molecule has 14 nitrogen and oxygen atoms in total. The van der Waals surface area contributed by atoms with Gasteiger partial charge in [0.05, 0.1) is 32.0 Å². The van der Waals surface area contributed by atoms with Gasteiger partial charge in [0.2, 0.25) is 5.91 Å². The first kappa shape index (κ1) is 67.2. The number of aliphatic hydroxyl groups excluding tert-OH is 8. The van der Waals surface area contributed by atoms with Crippen molar-refractivity contribution < 1.29 is 64.6 Å². The van der Waals surface area contributed by atoms with Gasteiger partial charge in [-0.3, -0.25) is 4.79 Å². The van der Waals surface area contributed by atoms with E-state index in [0.29, 0.717) is 19.3 Å². The smallest absolute Gasteiger partial charge is 0.220 e. The first-order chi connectivity index (χ1) is 36.6. The highest BCUT2D eigenvalue weighted by Crippen LogP contribution is 2.30. The van der Waals surface area contributed by atoms with Gasteiger partial charge < -0.3 is 65.1 Å². The van der Waals surface area contributed by atoms with E-state index in [1.54, 1.807) is 6.08 Å². The first-order valence-electron chi connectivity index (χ1n) is 27.9. The number of carbonyl (C=O) groups excluding carboxylic acids is 1. The zero-order valence-corrected chi connectivity index (χ0v) is 45.2. The van der Waals surface area contributed by atoms with Crippen molar-refractivity contribution in [1.82, 2.24) is 5.32 Å². The Labute approximate surface area is 450 Å². The number of unbranched alkanes of at least 4 members (excludes halogenated alkanes) is 8. The molecule has 0 aromatic heterocycles. The van der Waals surface area contributed by atoms with Crippen LogP contribution in [-0.4, -0.2) is 140 Å². The third-order valence-corrected chi connectivity index (χ3v) is 12.6. The molecule has 9 N–H and O–H groups in total. The van der Waals surface area contributed by atoms with Crippen LogP contribution in [0.1, 0.15) is 149 Å². The predicted molar refractivity (Wildman–Crippen MR) is 299 cm³/mol. The molecule has 2 saturated heterocycles. The van der Waals surface area contributed by atoms with Gasteiger partial charge in [-0.15, -0.1) is 0 Å². The van der Waals surface area contributed by atoms with Gasteiger partial charge >= 0.3 is 0 Å². The molecule has 2 rings (SSSR count). The van der Waals surface area contributed by atoms with Crippen LogP contribution in [0.2, 0.25) is 0 Å². The van der Waals surface area contributed by atoms with E-state index >= 15 is 0 Å². The van der Waals surface area contributed by atoms with E-state index in [2.05, 4.69) is 135 Å². The average molecular weight is 1050 g/mol. The number of amides is 1. The Morgan fingerprint density at radius 2 is 0.933 bits per heavy atom. The largest absolute Gasteiger partial charge is 0.394 e. The lowest BCUT2D eigenvalue weighted by Gasteiger charge is -2.46. The molecule has 0 spiro atoms. The van der Waals surface area contributed by atoms with E-state index in [-0.39, 0.29) is 18.9 Å².